The smallest absolute Gasteiger partial charge is 0.213 e. The topological polar surface area (TPSA) is 89.9 Å². The Balaban J connectivity index is 1.74. The molecule has 0 atom stereocenters. The Hall–Kier alpha value is -2.39. The number of guanidine groups is 1. The molecule has 170 valence electrons. The average molecular weight is 447 g/mol. The number of benzene rings is 1. The third kappa shape index (κ3) is 5.86. The Kier molecular flexibility index (Phi) is 7.72. The maximum atomic E-state index is 12.1. The van der Waals surface area contributed by atoms with Crippen molar-refractivity contribution in [2.75, 3.05) is 44.4 Å². The highest BCUT2D eigenvalue weighted by Crippen LogP contribution is 2.23. The van der Waals surface area contributed by atoms with Crippen LogP contribution in [0, 0.1) is 0 Å². The quantitative estimate of drug-likeness (QED) is 0.500. The van der Waals surface area contributed by atoms with Gasteiger partial charge in [-0.25, -0.2) is 22.7 Å². The van der Waals surface area contributed by atoms with Gasteiger partial charge in [0, 0.05) is 45.2 Å². The number of hydrogen-bond acceptors (Lipinski definition) is 5. The molecule has 1 aliphatic heterocycles. The molecule has 0 amide bonds. The van der Waals surface area contributed by atoms with Gasteiger partial charge in [-0.15, -0.1) is 0 Å². The summed E-state index contributed by atoms with van der Waals surface area (Å²) in [7, 11) is 0.862. The van der Waals surface area contributed by atoms with Crippen LogP contribution in [0.25, 0.3) is 10.9 Å². The zero-order valence-corrected chi connectivity index (χ0v) is 19.7. The first-order chi connectivity index (χ1) is 14.8. The summed E-state index contributed by atoms with van der Waals surface area (Å²) in [5.41, 5.74) is 2.08. The SMILES string of the molecule is CCNC(=NCc1cc(N(C)C)nc2ccccc12)NC1CCN(S(=O)(=O)CC)CC1. The van der Waals surface area contributed by atoms with Crippen LogP contribution < -0.4 is 15.5 Å². The lowest BCUT2D eigenvalue weighted by Gasteiger charge is -2.32. The number of hydrogen-bond donors (Lipinski definition) is 2. The molecule has 0 spiro atoms. The number of fused-ring (bicyclic) bond motifs is 1. The monoisotopic (exact) mass is 446 g/mol. The number of aromatic nitrogens is 1. The lowest BCUT2D eigenvalue weighted by atomic mass is 10.1. The summed E-state index contributed by atoms with van der Waals surface area (Å²) in [6.45, 7) is 6.12. The van der Waals surface area contributed by atoms with Crippen molar-refractivity contribution in [2.24, 2.45) is 4.99 Å². The summed E-state index contributed by atoms with van der Waals surface area (Å²) in [5, 5.41) is 7.92. The molecule has 31 heavy (non-hydrogen) atoms. The van der Waals surface area contributed by atoms with Crippen molar-refractivity contribution in [1.82, 2.24) is 19.9 Å². The molecule has 1 aromatic heterocycles. The van der Waals surface area contributed by atoms with Crippen molar-refractivity contribution in [3.05, 3.63) is 35.9 Å². The molecular weight excluding hydrogens is 412 g/mol. The molecule has 0 radical (unpaired) electrons. The van der Waals surface area contributed by atoms with Gasteiger partial charge in [-0.05, 0) is 44.4 Å². The maximum absolute atomic E-state index is 12.1. The predicted molar refractivity (Wildman–Crippen MR) is 128 cm³/mol. The molecule has 0 unspecified atom stereocenters. The van der Waals surface area contributed by atoms with Crippen LogP contribution in [0.3, 0.4) is 0 Å². The van der Waals surface area contributed by atoms with E-state index in [0.29, 0.717) is 19.6 Å². The minimum absolute atomic E-state index is 0.157. The van der Waals surface area contributed by atoms with Crippen LogP contribution in [0.5, 0.6) is 0 Å². The van der Waals surface area contributed by atoms with Crippen LogP contribution >= 0.6 is 0 Å². The van der Waals surface area contributed by atoms with Crippen LogP contribution in [0.15, 0.2) is 35.3 Å². The van der Waals surface area contributed by atoms with Gasteiger partial charge in [0.15, 0.2) is 5.96 Å². The van der Waals surface area contributed by atoms with Gasteiger partial charge in [0.05, 0.1) is 17.8 Å². The number of nitrogens with zero attached hydrogens (tertiary/aromatic N) is 4. The first-order valence-electron chi connectivity index (χ1n) is 10.9. The summed E-state index contributed by atoms with van der Waals surface area (Å²) in [5.74, 6) is 1.82. The number of sulfonamides is 1. The first-order valence-corrected chi connectivity index (χ1v) is 12.5. The molecule has 0 saturated carbocycles. The van der Waals surface area contributed by atoms with Gasteiger partial charge in [-0.1, -0.05) is 18.2 Å². The fourth-order valence-electron chi connectivity index (χ4n) is 3.73. The second-order valence-electron chi connectivity index (χ2n) is 7.96. The van der Waals surface area contributed by atoms with Gasteiger partial charge in [0.1, 0.15) is 5.82 Å². The van der Waals surface area contributed by atoms with Gasteiger partial charge in [-0.3, -0.25) is 0 Å². The van der Waals surface area contributed by atoms with Crippen molar-refractivity contribution in [1.29, 1.82) is 0 Å². The Morgan fingerprint density at radius 3 is 2.58 bits per heavy atom. The lowest BCUT2D eigenvalue weighted by molar-refractivity contribution is 0.306. The fourth-order valence-corrected chi connectivity index (χ4v) is 4.86. The number of pyridine rings is 1. The third-order valence-corrected chi connectivity index (χ3v) is 7.43. The van der Waals surface area contributed by atoms with E-state index in [9.17, 15) is 8.42 Å². The molecule has 1 saturated heterocycles. The molecule has 1 fully saturated rings. The van der Waals surface area contributed by atoms with E-state index >= 15 is 0 Å². The van der Waals surface area contributed by atoms with Crippen LogP contribution in [0.4, 0.5) is 5.82 Å². The summed E-state index contributed by atoms with van der Waals surface area (Å²) >= 11 is 0. The third-order valence-electron chi connectivity index (χ3n) is 5.55. The van der Waals surface area contributed by atoms with E-state index in [1.165, 1.54) is 0 Å². The molecule has 3 rings (SSSR count). The highest BCUT2D eigenvalue weighted by molar-refractivity contribution is 7.89. The van der Waals surface area contributed by atoms with E-state index in [-0.39, 0.29) is 11.8 Å². The van der Waals surface area contributed by atoms with E-state index < -0.39 is 10.0 Å². The van der Waals surface area contributed by atoms with Crippen molar-refractivity contribution in [2.45, 2.75) is 39.3 Å². The number of rotatable bonds is 7. The minimum Gasteiger partial charge on any atom is -0.363 e. The van der Waals surface area contributed by atoms with E-state index in [2.05, 4.69) is 22.8 Å². The molecule has 2 aromatic rings. The molecule has 2 N–H and O–H groups in total. The number of aliphatic imine (C=N–C) groups is 1. The Bertz CT molecular complexity index is 1010. The van der Waals surface area contributed by atoms with Crippen LogP contribution in [0.2, 0.25) is 0 Å². The fraction of sp³-hybridized carbons (Fsp3) is 0.545. The van der Waals surface area contributed by atoms with Crippen LogP contribution in [0.1, 0.15) is 32.3 Å². The molecular formula is C22H34N6O2S. The zero-order chi connectivity index (χ0) is 22.4. The van der Waals surface area contributed by atoms with Gasteiger partial charge in [0.25, 0.3) is 0 Å². The molecule has 9 heteroatoms. The van der Waals surface area contributed by atoms with Gasteiger partial charge in [-0.2, -0.15) is 0 Å². The van der Waals surface area contributed by atoms with Gasteiger partial charge >= 0.3 is 0 Å². The van der Waals surface area contributed by atoms with E-state index in [0.717, 1.165) is 47.6 Å². The Labute approximate surface area is 185 Å². The largest absolute Gasteiger partial charge is 0.363 e. The van der Waals surface area contributed by atoms with E-state index in [1.807, 2.05) is 44.1 Å². The molecule has 0 bridgehead atoms. The highest BCUT2D eigenvalue weighted by atomic mass is 32.2. The summed E-state index contributed by atoms with van der Waals surface area (Å²) in [6, 6.07) is 10.4. The normalized spacial score (nSPS) is 16.5. The summed E-state index contributed by atoms with van der Waals surface area (Å²) in [6.07, 6.45) is 1.54. The zero-order valence-electron chi connectivity index (χ0n) is 18.9. The van der Waals surface area contributed by atoms with Crippen molar-refractivity contribution < 1.29 is 8.42 Å². The second-order valence-corrected chi connectivity index (χ2v) is 10.2. The predicted octanol–water partition coefficient (Wildman–Crippen LogP) is 2.17. The molecule has 8 nitrogen and oxygen atoms in total. The second kappa shape index (κ2) is 10.3. The average Bonchev–Trinajstić information content (AvgIpc) is 2.77. The maximum Gasteiger partial charge on any atom is 0.213 e. The van der Waals surface area contributed by atoms with Crippen molar-refractivity contribution in [3.63, 3.8) is 0 Å². The molecule has 2 heterocycles. The van der Waals surface area contributed by atoms with Gasteiger partial charge < -0.3 is 15.5 Å². The minimum atomic E-state index is -3.11. The van der Waals surface area contributed by atoms with E-state index in [4.69, 9.17) is 9.98 Å². The number of piperidine rings is 1. The number of anilines is 1. The van der Waals surface area contributed by atoms with Crippen LogP contribution in [-0.2, 0) is 16.6 Å². The number of nitrogens with one attached hydrogen (secondary N) is 2. The molecule has 0 aliphatic carbocycles. The lowest BCUT2D eigenvalue weighted by Crippen LogP contribution is -2.50. The summed E-state index contributed by atoms with van der Waals surface area (Å²) < 4.78 is 25.8. The first kappa shape index (κ1) is 23.3. The van der Waals surface area contributed by atoms with Gasteiger partial charge in [0.2, 0.25) is 10.0 Å². The highest BCUT2D eigenvalue weighted by Gasteiger charge is 2.27. The molecule has 1 aromatic carbocycles. The van der Waals surface area contributed by atoms with Crippen molar-refractivity contribution in [3.8, 4) is 0 Å². The summed E-state index contributed by atoms with van der Waals surface area (Å²) in [4.78, 5) is 11.5. The number of para-hydroxylation sites is 1. The van der Waals surface area contributed by atoms with Crippen LogP contribution in [-0.4, -0.2) is 69.2 Å². The van der Waals surface area contributed by atoms with E-state index in [1.54, 1.807) is 11.2 Å². The molecule has 1 aliphatic rings. The van der Waals surface area contributed by atoms with Crippen molar-refractivity contribution >= 4 is 32.7 Å². The Morgan fingerprint density at radius 1 is 1.23 bits per heavy atom. The Morgan fingerprint density at radius 2 is 1.94 bits per heavy atom. The standard InChI is InChI=1S/C22H34N6O2S/c1-5-23-22(25-18-11-13-28(14-12-18)31(29,30)6-2)24-16-17-15-21(27(3)4)26-20-10-8-7-9-19(17)20/h7-10,15,18H,5-6,11-14,16H2,1-4H3,(H2,23,24,25).